The van der Waals surface area contributed by atoms with Gasteiger partial charge < -0.3 is 14.8 Å². The number of nitrogens with one attached hydrogen (secondary N) is 1. The summed E-state index contributed by atoms with van der Waals surface area (Å²) in [6.07, 6.45) is 0.450. The van der Waals surface area contributed by atoms with Crippen LogP contribution < -0.4 is 5.48 Å². The second-order valence-corrected chi connectivity index (χ2v) is 4.54. The lowest BCUT2D eigenvalue weighted by molar-refractivity contribution is 0.0279. The van der Waals surface area contributed by atoms with E-state index in [9.17, 15) is 4.79 Å². The molecule has 1 aliphatic heterocycles. The van der Waals surface area contributed by atoms with Gasteiger partial charge in [0.25, 0.3) is 0 Å². The van der Waals surface area contributed by atoms with Gasteiger partial charge in [0.1, 0.15) is 5.60 Å². The van der Waals surface area contributed by atoms with E-state index in [0.717, 1.165) is 6.42 Å². The molecule has 1 heterocycles. The van der Waals surface area contributed by atoms with E-state index in [4.69, 9.17) is 9.94 Å². The Kier molecular flexibility index (Phi) is 3.34. The number of hydrogen-bond donors (Lipinski definition) is 2. The zero-order chi connectivity index (χ0) is 10.8. The Balaban J connectivity index is 2.40. The van der Waals surface area contributed by atoms with Crippen LogP contribution in [0, 0.1) is 0 Å². The first-order valence-electron chi connectivity index (χ1n) is 4.80. The Bertz CT molecular complexity index is 213. The van der Waals surface area contributed by atoms with Gasteiger partial charge in [0.15, 0.2) is 0 Å². The second kappa shape index (κ2) is 4.14. The molecular weight excluding hydrogens is 184 g/mol. The van der Waals surface area contributed by atoms with Gasteiger partial charge in [-0.1, -0.05) is 0 Å². The molecule has 1 saturated heterocycles. The van der Waals surface area contributed by atoms with Crippen LogP contribution in [0.3, 0.4) is 0 Å². The average Bonchev–Trinajstić information content (AvgIpc) is 2.48. The minimum absolute atomic E-state index is 0.0254. The maximum atomic E-state index is 11.5. The van der Waals surface area contributed by atoms with Crippen molar-refractivity contribution in [1.82, 2.24) is 10.4 Å². The molecule has 1 aliphatic rings. The lowest BCUT2D eigenvalue weighted by atomic mass is 10.2. The van der Waals surface area contributed by atoms with E-state index in [-0.39, 0.29) is 12.1 Å². The SMILES string of the molecule is CC(C)(C)OC(=O)N1CCC(NO)C1. The summed E-state index contributed by atoms with van der Waals surface area (Å²) in [5.41, 5.74) is 1.71. The standard InChI is InChI=1S/C9H18N2O3/c1-9(2,3)14-8(12)11-5-4-7(6-11)10-13/h7,10,13H,4-6H2,1-3H3. The number of likely N-dealkylation sites (tertiary alicyclic amines) is 1. The van der Waals surface area contributed by atoms with Crippen molar-refractivity contribution in [3.05, 3.63) is 0 Å². The molecule has 5 nitrogen and oxygen atoms in total. The zero-order valence-corrected chi connectivity index (χ0v) is 8.91. The van der Waals surface area contributed by atoms with E-state index >= 15 is 0 Å². The van der Waals surface area contributed by atoms with E-state index in [1.165, 1.54) is 0 Å². The number of carbonyl (C=O) groups is 1. The van der Waals surface area contributed by atoms with Crippen molar-refractivity contribution in [3.8, 4) is 0 Å². The van der Waals surface area contributed by atoms with Gasteiger partial charge in [0, 0.05) is 13.1 Å². The summed E-state index contributed by atoms with van der Waals surface area (Å²) in [5, 5.41) is 8.67. The third-order valence-corrected chi connectivity index (χ3v) is 2.02. The summed E-state index contributed by atoms with van der Waals surface area (Å²) in [7, 11) is 0. The molecule has 14 heavy (non-hydrogen) atoms. The van der Waals surface area contributed by atoms with E-state index in [1.54, 1.807) is 4.90 Å². The number of carbonyl (C=O) groups excluding carboxylic acids is 1. The normalized spacial score (nSPS) is 22.6. The smallest absolute Gasteiger partial charge is 0.410 e. The Labute approximate surface area is 84.0 Å². The molecule has 1 atom stereocenters. The van der Waals surface area contributed by atoms with Crippen molar-refractivity contribution >= 4 is 6.09 Å². The second-order valence-electron chi connectivity index (χ2n) is 4.54. The number of amides is 1. The van der Waals surface area contributed by atoms with Crippen LogP contribution in [-0.2, 0) is 4.74 Å². The van der Waals surface area contributed by atoms with Crippen molar-refractivity contribution < 1.29 is 14.7 Å². The average molecular weight is 202 g/mol. The molecule has 5 heteroatoms. The lowest BCUT2D eigenvalue weighted by Crippen LogP contribution is -2.37. The van der Waals surface area contributed by atoms with Crippen molar-refractivity contribution in [3.63, 3.8) is 0 Å². The molecule has 1 amide bonds. The summed E-state index contributed by atoms with van der Waals surface area (Å²) < 4.78 is 5.19. The number of hydrogen-bond acceptors (Lipinski definition) is 4. The van der Waals surface area contributed by atoms with Gasteiger partial charge in [0.05, 0.1) is 6.04 Å². The Morgan fingerprint density at radius 3 is 2.64 bits per heavy atom. The predicted octanol–water partition coefficient (Wildman–Crippen LogP) is 0.975. The van der Waals surface area contributed by atoms with Crippen molar-refractivity contribution in [2.75, 3.05) is 13.1 Å². The van der Waals surface area contributed by atoms with Crippen LogP contribution in [0.25, 0.3) is 0 Å². The molecule has 0 aromatic carbocycles. The number of hydroxylamine groups is 1. The quantitative estimate of drug-likeness (QED) is 0.622. The molecule has 82 valence electrons. The summed E-state index contributed by atoms with van der Waals surface area (Å²) in [6.45, 7) is 6.65. The number of rotatable bonds is 1. The largest absolute Gasteiger partial charge is 0.444 e. The topological polar surface area (TPSA) is 61.8 Å². The molecule has 0 aliphatic carbocycles. The van der Waals surface area contributed by atoms with Gasteiger partial charge in [-0.2, -0.15) is 0 Å². The Morgan fingerprint density at radius 1 is 1.57 bits per heavy atom. The Morgan fingerprint density at radius 2 is 2.21 bits per heavy atom. The molecule has 2 N–H and O–H groups in total. The molecule has 0 saturated carbocycles. The van der Waals surface area contributed by atoms with Crippen LogP contribution >= 0.6 is 0 Å². The molecule has 1 unspecified atom stereocenters. The van der Waals surface area contributed by atoms with Crippen LogP contribution in [0.5, 0.6) is 0 Å². The van der Waals surface area contributed by atoms with Crippen molar-refractivity contribution in [2.24, 2.45) is 0 Å². The van der Waals surface area contributed by atoms with Gasteiger partial charge in [-0.3, -0.25) is 0 Å². The lowest BCUT2D eigenvalue weighted by Gasteiger charge is -2.24. The minimum atomic E-state index is -0.457. The predicted molar refractivity (Wildman–Crippen MR) is 51.1 cm³/mol. The third-order valence-electron chi connectivity index (χ3n) is 2.02. The zero-order valence-electron chi connectivity index (χ0n) is 8.91. The third kappa shape index (κ3) is 3.16. The molecule has 0 aromatic heterocycles. The van der Waals surface area contributed by atoms with E-state index in [0.29, 0.717) is 13.1 Å². The maximum Gasteiger partial charge on any atom is 0.410 e. The minimum Gasteiger partial charge on any atom is -0.444 e. The van der Waals surface area contributed by atoms with E-state index in [1.807, 2.05) is 20.8 Å². The van der Waals surface area contributed by atoms with Crippen LogP contribution in [0.15, 0.2) is 0 Å². The first-order chi connectivity index (χ1) is 6.42. The summed E-state index contributed by atoms with van der Waals surface area (Å²) >= 11 is 0. The van der Waals surface area contributed by atoms with Crippen molar-refractivity contribution in [2.45, 2.75) is 38.8 Å². The van der Waals surface area contributed by atoms with Crippen LogP contribution in [-0.4, -0.2) is 40.9 Å². The first kappa shape index (κ1) is 11.3. The van der Waals surface area contributed by atoms with E-state index < -0.39 is 5.60 Å². The van der Waals surface area contributed by atoms with Gasteiger partial charge in [-0.25, -0.2) is 10.3 Å². The highest BCUT2D eigenvalue weighted by atomic mass is 16.6. The fourth-order valence-electron chi connectivity index (χ4n) is 1.36. The molecule has 0 radical (unpaired) electrons. The van der Waals surface area contributed by atoms with E-state index in [2.05, 4.69) is 5.48 Å². The van der Waals surface area contributed by atoms with Gasteiger partial charge in [-0.15, -0.1) is 0 Å². The van der Waals surface area contributed by atoms with Gasteiger partial charge in [0.2, 0.25) is 0 Å². The number of ether oxygens (including phenoxy) is 1. The van der Waals surface area contributed by atoms with Gasteiger partial charge >= 0.3 is 6.09 Å². The molecule has 1 fully saturated rings. The summed E-state index contributed by atoms with van der Waals surface area (Å²) in [4.78, 5) is 13.1. The fourth-order valence-corrected chi connectivity index (χ4v) is 1.36. The molecule has 0 bridgehead atoms. The van der Waals surface area contributed by atoms with Gasteiger partial charge in [-0.05, 0) is 27.2 Å². The van der Waals surface area contributed by atoms with Crippen LogP contribution in [0.4, 0.5) is 4.79 Å². The fraction of sp³-hybridized carbons (Fsp3) is 0.889. The summed E-state index contributed by atoms with van der Waals surface area (Å²) in [5.74, 6) is 0. The monoisotopic (exact) mass is 202 g/mol. The molecular formula is C9H18N2O3. The summed E-state index contributed by atoms with van der Waals surface area (Å²) in [6, 6.07) is -0.0254. The van der Waals surface area contributed by atoms with Crippen molar-refractivity contribution in [1.29, 1.82) is 0 Å². The first-order valence-corrected chi connectivity index (χ1v) is 4.80. The number of nitrogens with zero attached hydrogens (tertiary/aromatic N) is 1. The molecule has 0 spiro atoms. The highest BCUT2D eigenvalue weighted by Crippen LogP contribution is 2.14. The maximum absolute atomic E-state index is 11.5. The Hall–Kier alpha value is -0.810. The highest BCUT2D eigenvalue weighted by Gasteiger charge is 2.29. The molecule has 1 rings (SSSR count). The van der Waals surface area contributed by atoms with Crippen LogP contribution in [0.2, 0.25) is 0 Å². The highest BCUT2D eigenvalue weighted by molar-refractivity contribution is 5.68. The molecule has 0 aromatic rings. The van der Waals surface area contributed by atoms with Crippen LogP contribution in [0.1, 0.15) is 27.2 Å².